The van der Waals surface area contributed by atoms with Crippen LogP contribution in [0, 0.1) is 0 Å². The van der Waals surface area contributed by atoms with Gasteiger partial charge in [0.25, 0.3) is 5.56 Å². The summed E-state index contributed by atoms with van der Waals surface area (Å²) in [5, 5.41) is 4.24. The molecule has 0 spiro atoms. The molecule has 2 heterocycles. The highest BCUT2D eigenvalue weighted by molar-refractivity contribution is 7.90. The zero-order chi connectivity index (χ0) is 23.6. The number of rotatable bonds is 9. The van der Waals surface area contributed by atoms with E-state index in [9.17, 15) is 9.35 Å². The number of anilines is 1. The average Bonchev–Trinajstić information content (AvgIpc) is 2.66. The van der Waals surface area contributed by atoms with Gasteiger partial charge in [-0.1, -0.05) is 40.5 Å². The van der Waals surface area contributed by atoms with Gasteiger partial charge in [-0.3, -0.25) is 4.79 Å². The summed E-state index contributed by atoms with van der Waals surface area (Å²) in [5.41, 5.74) is -0.120. The maximum atomic E-state index is 12.9. The van der Waals surface area contributed by atoms with E-state index in [4.69, 9.17) is 4.43 Å². The Morgan fingerprint density at radius 3 is 2.45 bits per heavy atom. The number of hydrogen-bond donors (Lipinski definition) is 1. The third kappa shape index (κ3) is 6.09. The molecule has 0 bridgehead atoms. The van der Waals surface area contributed by atoms with Gasteiger partial charge < -0.3 is 18.9 Å². The van der Waals surface area contributed by atoms with Crippen LogP contribution in [0.15, 0.2) is 22.2 Å². The number of hydrogen-bond acceptors (Lipinski definition) is 6. The first-order valence-electron chi connectivity index (χ1n) is 10.8. The summed E-state index contributed by atoms with van der Waals surface area (Å²) in [5.74, 6) is 0.425. The number of nitrogens with zero attached hydrogens (tertiary/aromatic N) is 3. The van der Waals surface area contributed by atoms with Crippen LogP contribution in [-0.4, -0.2) is 45.8 Å². The molecule has 0 radical (unpaired) electrons. The van der Waals surface area contributed by atoms with E-state index in [1.165, 1.54) is 4.57 Å². The van der Waals surface area contributed by atoms with E-state index in [0.717, 1.165) is 19.3 Å². The summed E-state index contributed by atoms with van der Waals surface area (Å²) in [7, 11) is -0.258. The molecule has 2 unspecified atom stereocenters. The summed E-state index contributed by atoms with van der Waals surface area (Å²) >= 11 is -1.37. The molecule has 0 amide bonds. The van der Waals surface area contributed by atoms with Gasteiger partial charge in [-0.05, 0) is 37.5 Å². The fourth-order valence-corrected chi connectivity index (χ4v) is 4.57. The lowest BCUT2D eigenvalue weighted by molar-refractivity contribution is 0.214. The van der Waals surface area contributed by atoms with Gasteiger partial charge in [-0.2, -0.15) is 9.97 Å². The topological polar surface area (TPSA) is 92.1 Å². The van der Waals surface area contributed by atoms with E-state index in [1.807, 2.05) is 0 Å². The van der Waals surface area contributed by atoms with E-state index < -0.39 is 25.0 Å². The second-order valence-corrected chi connectivity index (χ2v) is 16.2. The average molecular weight is 467 g/mol. The number of aromatic nitrogens is 3. The van der Waals surface area contributed by atoms with Crippen LogP contribution in [0.5, 0.6) is 0 Å². The molecule has 0 aliphatic rings. The van der Waals surface area contributed by atoms with Gasteiger partial charge in [0.1, 0.15) is 17.5 Å². The summed E-state index contributed by atoms with van der Waals surface area (Å²) in [6.45, 7) is 15.9. The minimum atomic E-state index is -1.96. The van der Waals surface area contributed by atoms with Crippen LogP contribution in [0.2, 0.25) is 18.1 Å². The zero-order valence-corrected chi connectivity index (χ0v) is 22.3. The van der Waals surface area contributed by atoms with Gasteiger partial charge in [-0.25, -0.2) is 0 Å². The summed E-state index contributed by atoms with van der Waals surface area (Å²) in [6, 6.07) is 1.76. The first kappa shape index (κ1) is 25.8. The van der Waals surface area contributed by atoms with E-state index in [-0.39, 0.29) is 15.8 Å². The largest absolute Gasteiger partial charge is 0.609 e. The van der Waals surface area contributed by atoms with E-state index >= 15 is 0 Å². The molecule has 9 heteroatoms. The molecule has 174 valence electrons. The van der Waals surface area contributed by atoms with Gasteiger partial charge in [0.15, 0.2) is 8.32 Å². The third-order valence-electron chi connectivity index (χ3n) is 6.22. The van der Waals surface area contributed by atoms with E-state index in [2.05, 4.69) is 63.0 Å². The fourth-order valence-electron chi connectivity index (χ4n) is 3.01. The molecule has 0 saturated heterocycles. The van der Waals surface area contributed by atoms with Crippen LogP contribution in [-0.2, 0) is 22.6 Å². The lowest BCUT2D eigenvalue weighted by Gasteiger charge is -2.40. The summed E-state index contributed by atoms with van der Waals surface area (Å²) in [4.78, 5) is 21.8. The molecular weight excluding hydrogens is 428 g/mol. The van der Waals surface area contributed by atoms with Crippen LogP contribution < -0.4 is 10.9 Å². The lowest BCUT2D eigenvalue weighted by atomic mass is 9.95. The van der Waals surface area contributed by atoms with Gasteiger partial charge in [-0.15, -0.1) is 0 Å². The smallest absolute Gasteiger partial charge is 0.344 e. The summed E-state index contributed by atoms with van der Waals surface area (Å²) in [6.07, 6.45) is 6.14. The predicted octanol–water partition coefficient (Wildman–Crippen LogP) is 4.45. The van der Waals surface area contributed by atoms with Crippen molar-refractivity contribution in [3.8, 4) is 0 Å². The summed E-state index contributed by atoms with van der Waals surface area (Å²) < 4.78 is 20.2. The van der Waals surface area contributed by atoms with Crippen molar-refractivity contribution in [2.24, 2.45) is 7.05 Å². The van der Waals surface area contributed by atoms with Crippen LogP contribution >= 0.6 is 0 Å². The van der Waals surface area contributed by atoms with Crippen LogP contribution in [0.3, 0.4) is 0 Å². The Kier molecular flexibility index (Phi) is 8.00. The number of aryl methyl sites for hydroxylation is 1. The quantitative estimate of drug-likeness (QED) is 0.333. The number of nitrogens with one attached hydrogen (secondary N) is 1. The molecule has 2 aromatic heterocycles. The van der Waals surface area contributed by atoms with Crippen LogP contribution in [0.1, 0.15) is 53.9 Å². The van der Waals surface area contributed by atoms with Crippen molar-refractivity contribution in [3.05, 3.63) is 22.6 Å². The first-order valence-corrected chi connectivity index (χ1v) is 15.3. The zero-order valence-electron chi connectivity index (χ0n) is 20.5. The minimum absolute atomic E-state index is 0.0997. The van der Waals surface area contributed by atoms with E-state index in [1.54, 1.807) is 25.6 Å². The molecule has 2 rings (SSSR count). The first-order chi connectivity index (χ1) is 14.2. The Hall–Kier alpha value is -1.42. The number of unbranched alkanes of at least 4 members (excludes halogenated alkanes) is 1. The Morgan fingerprint density at radius 1 is 1.26 bits per heavy atom. The molecule has 0 aliphatic carbocycles. The number of pyridine rings is 1. The van der Waals surface area contributed by atoms with Crippen molar-refractivity contribution in [1.82, 2.24) is 14.5 Å². The van der Waals surface area contributed by atoms with Crippen molar-refractivity contribution in [2.75, 3.05) is 18.2 Å². The Balaban J connectivity index is 2.53. The second kappa shape index (κ2) is 9.60. The van der Waals surface area contributed by atoms with Crippen molar-refractivity contribution in [3.63, 3.8) is 0 Å². The Labute approximate surface area is 190 Å². The standard InChI is InChI=1S/C22H38N4O3SSi/c1-10-11-13-22(5,15-29-31(8,9)21(2,3)4)25-18-17-16(12-14-26(6)19(17)27)23-20(24-18)30(7)28/h12,14H,10-11,13,15H2,1-9H3,(H,23,24,25). The van der Waals surface area contributed by atoms with Crippen LogP contribution in [0.4, 0.5) is 5.82 Å². The van der Waals surface area contributed by atoms with Crippen molar-refractivity contribution in [1.29, 1.82) is 0 Å². The molecule has 0 fully saturated rings. The predicted molar refractivity (Wildman–Crippen MR) is 132 cm³/mol. The van der Waals surface area contributed by atoms with Gasteiger partial charge in [0, 0.05) is 24.4 Å². The fraction of sp³-hybridized carbons (Fsp3) is 0.682. The number of fused-ring (bicyclic) bond motifs is 1. The normalized spacial score (nSPS) is 15.7. The van der Waals surface area contributed by atoms with Gasteiger partial charge >= 0.3 is 5.16 Å². The van der Waals surface area contributed by atoms with Crippen molar-refractivity contribution in [2.45, 2.75) is 82.7 Å². The molecule has 31 heavy (non-hydrogen) atoms. The monoisotopic (exact) mass is 466 g/mol. The maximum absolute atomic E-state index is 12.9. The molecule has 0 aromatic carbocycles. The minimum Gasteiger partial charge on any atom is -0.609 e. The lowest BCUT2D eigenvalue weighted by Crippen LogP contribution is -2.48. The second-order valence-electron chi connectivity index (χ2n) is 10.1. The Morgan fingerprint density at radius 2 is 1.90 bits per heavy atom. The molecule has 2 aromatic rings. The van der Waals surface area contributed by atoms with E-state index in [0.29, 0.717) is 23.3 Å². The van der Waals surface area contributed by atoms with Crippen molar-refractivity contribution >= 4 is 36.2 Å². The molecule has 2 atom stereocenters. The Bertz CT molecular complexity index is 972. The molecule has 0 saturated carbocycles. The maximum Gasteiger partial charge on any atom is 0.344 e. The highest BCUT2D eigenvalue weighted by Crippen LogP contribution is 2.37. The van der Waals surface area contributed by atoms with Crippen molar-refractivity contribution < 1.29 is 8.98 Å². The van der Waals surface area contributed by atoms with Crippen LogP contribution in [0.25, 0.3) is 10.9 Å². The van der Waals surface area contributed by atoms with Gasteiger partial charge in [0.2, 0.25) is 0 Å². The highest BCUT2D eigenvalue weighted by atomic mass is 32.2. The van der Waals surface area contributed by atoms with Gasteiger partial charge in [0.05, 0.1) is 17.7 Å². The molecule has 0 aliphatic heterocycles. The third-order valence-corrected chi connectivity index (χ3v) is 11.4. The SMILES string of the molecule is CCCCC(C)(CO[Si](C)(C)C(C)(C)C)Nc1nc([S+](C)[O-])nc2ccn(C)c(=O)c12. The molecular formula is C22H38N4O3SSi. The highest BCUT2D eigenvalue weighted by Gasteiger charge is 2.39. The molecule has 7 nitrogen and oxygen atoms in total. The molecule has 1 N–H and O–H groups in total.